The molecular weight excluding hydrogens is 312 g/mol. The second-order valence-electron chi connectivity index (χ2n) is 6.57. The third-order valence-electron chi connectivity index (χ3n) is 4.86. The van der Waals surface area contributed by atoms with Crippen LogP contribution < -0.4 is 0 Å². The van der Waals surface area contributed by atoms with E-state index in [0.717, 1.165) is 37.9 Å². The lowest BCUT2D eigenvalue weighted by atomic mass is 9.90. The van der Waals surface area contributed by atoms with Crippen LogP contribution in [0, 0.1) is 5.92 Å². The number of amides is 1. The molecule has 1 saturated heterocycles. The van der Waals surface area contributed by atoms with Gasteiger partial charge in [0.25, 0.3) is 5.91 Å². The predicted molar refractivity (Wildman–Crippen MR) is 96.1 cm³/mol. The van der Waals surface area contributed by atoms with Gasteiger partial charge in [0.15, 0.2) is 0 Å². The first-order valence-electron chi connectivity index (χ1n) is 8.68. The fraction of sp³-hybridized carbons (Fsp3) is 0.300. The first-order valence-corrected chi connectivity index (χ1v) is 8.68. The second-order valence-corrected chi connectivity index (χ2v) is 6.57. The highest BCUT2D eigenvalue weighted by molar-refractivity contribution is 5.92. The molecule has 3 heterocycles. The monoisotopic (exact) mass is 332 g/mol. The number of pyridine rings is 1. The molecule has 0 N–H and O–H groups in total. The minimum Gasteiger partial charge on any atom is -0.337 e. The van der Waals surface area contributed by atoms with Crippen LogP contribution in [-0.4, -0.2) is 38.8 Å². The average molecular weight is 332 g/mol. The van der Waals surface area contributed by atoms with Crippen LogP contribution in [0.4, 0.5) is 0 Å². The summed E-state index contributed by atoms with van der Waals surface area (Å²) < 4.78 is 0. The Morgan fingerprint density at radius 3 is 2.72 bits per heavy atom. The summed E-state index contributed by atoms with van der Waals surface area (Å²) in [5, 5.41) is 1.19. The van der Waals surface area contributed by atoms with Crippen LogP contribution in [0.15, 0.2) is 55.1 Å². The fourth-order valence-corrected chi connectivity index (χ4v) is 3.47. The summed E-state index contributed by atoms with van der Waals surface area (Å²) in [6.07, 6.45) is 9.71. The summed E-state index contributed by atoms with van der Waals surface area (Å²) in [4.78, 5) is 26.9. The van der Waals surface area contributed by atoms with Crippen molar-refractivity contribution in [1.29, 1.82) is 0 Å². The molecule has 0 radical (unpaired) electrons. The van der Waals surface area contributed by atoms with E-state index in [1.165, 1.54) is 17.1 Å². The molecule has 0 atom stereocenters. The SMILES string of the molecule is O=C(c1cnccn1)N1CCC(Cc2cnc3ccccc3c2)CC1. The van der Waals surface area contributed by atoms with Gasteiger partial charge in [-0.25, -0.2) is 4.98 Å². The third kappa shape index (κ3) is 3.50. The van der Waals surface area contributed by atoms with Gasteiger partial charge in [0, 0.05) is 37.1 Å². The van der Waals surface area contributed by atoms with E-state index in [2.05, 4.69) is 27.1 Å². The molecule has 1 fully saturated rings. The lowest BCUT2D eigenvalue weighted by Gasteiger charge is -2.31. The third-order valence-corrected chi connectivity index (χ3v) is 4.86. The summed E-state index contributed by atoms with van der Waals surface area (Å²) in [6.45, 7) is 1.56. The summed E-state index contributed by atoms with van der Waals surface area (Å²) in [5.41, 5.74) is 2.74. The Morgan fingerprint density at radius 1 is 1.08 bits per heavy atom. The molecule has 5 heteroatoms. The number of aromatic nitrogens is 3. The predicted octanol–water partition coefficient (Wildman–Crippen LogP) is 3.12. The second kappa shape index (κ2) is 6.97. The minimum absolute atomic E-state index is 0.0149. The Hall–Kier alpha value is -2.82. The molecule has 0 saturated carbocycles. The van der Waals surface area contributed by atoms with Gasteiger partial charge in [0.05, 0.1) is 11.7 Å². The number of carbonyl (C=O) groups is 1. The summed E-state index contributed by atoms with van der Waals surface area (Å²) in [7, 11) is 0. The zero-order valence-electron chi connectivity index (χ0n) is 14.0. The van der Waals surface area contributed by atoms with Crippen molar-refractivity contribution in [2.45, 2.75) is 19.3 Å². The van der Waals surface area contributed by atoms with Crippen LogP contribution in [0.2, 0.25) is 0 Å². The zero-order chi connectivity index (χ0) is 17.1. The largest absolute Gasteiger partial charge is 0.337 e. The topological polar surface area (TPSA) is 59.0 Å². The summed E-state index contributed by atoms with van der Waals surface area (Å²) >= 11 is 0. The van der Waals surface area contributed by atoms with Gasteiger partial charge in [-0.15, -0.1) is 0 Å². The Labute approximate surface area is 146 Å². The van der Waals surface area contributed by atoms with E-state index >= 15 is 0 Å². The highest BCUT2D eigenvalue weighted by atomic mass is 16.2. The van der Waals surface area contributed by atoms with Crippen molar-refractivity contribution in [3.05, 3.63) is 66.4 Å². The number of benzene rings is 1. The number of carbonyl (C=O) groups excluding carboxylic acids is 1. The molecule has 2 aromatic heterocycles. The first-order chi connectivity index (χ1) is 12.3. The van der Waals surface area contributed by atoms with Crippen LogP contribution in [0.3, 0.4) is 0 Å². The number of hydrogen-bond acceptors (Lipinski definition) is 4. The molecule has 5 nitrogen and oxygen atoms in total. The molecule has 0 spiro atoms. The first kappa shape index (κ1) is 15.7. The molecule has 1 amide bonds. The molecule has 1 aliphatic heterocycles. The maximum atomic E-state index is 12.4. The van der Waals surface area contributed by atoms with Crippen LogP contribution in [0.1, 0.15) is 28.9 Å². The number of piperidine rings is 1. The Bertz CT molecular complexity index is 873. The Morgan fingerprint density at radius 2 is 1.92 bits per heavy atom. The van der Waals surface area contributed by atoms with E-state index in [0.29, 0.717) is 11.6 Å². The lowest BCUT2D eigenvalue weighted by molar-refractivity contribution is 0.0684. The summed E-state index contributed by atoms with van der Waals surface area (Å²) in [5.74, 6) is 0.577. The van der Waals surface area contributed by atoms with Gasteiger partial charge < -0.3 is 4.90 Å². The van der Waals surface area contributed by atoms with Crippen LogP contribution >= 0.6 is 0 Å². The number of nitrogens with zero attached hydrogens (tertiary/aromatic N) is 4. The minimum atomic E-state index is -0.0149. The van der Waals surface area contributed by atoms with Crippen molar-refractivity contribution in [1.82, 2.24) is 19.9 Å². The Kier molecular flexibility index (Phi) is 4.37. The van der Waals surface area contributed by atoms with Crippen molar-refractivity contribution in [2.75, 3.05) is 13.1 Å². The molecular formula is C20H20N4O. The number of rotatable bonds is 3. The standard InChI is InChI=1S/C20H20N4O/c25-20(19-14-21-7-8-22-19)24-9-5-15(6-10-24)11-16-12-17-3-1-2-4-18(17)23-13-16/h1-4,7-8,12-15H,5-6,9-11H2. The molecule has 0 bridgehead atoms. The normalized spacial score (nSPS) is 15.4. The van der Waals surface area contributed by atoms with Gasteiger partial charge in [-0.2, -0.15) is 0 Å². The molecule has 126 valence electrons. The van der Waals surface area contributed by atoms with Crippen LogP contribution in [0.25, 0.3) is 10.9 Å². The van der Waals surface area contributed by atoms with Crippen molar-refractivity contribution in [3.63, 3.8) is 0 Å². The van der Waals surface area contributed by atoms with Gasteiger partial charge >= 0.3 is 0 Å². The van der Waals surface area contributed by atoms with E-state index in [4.69, 9.17) is 0 Å². The highest BCUT2D eigenvalue weighted by Crippen LogP contribution is 2.23. The smallest absolute Gasteiger partial charge is 0.274 e. The van der Waals surface area contributed by atoms with E-state index in [1.54, 1.807) is 12.4 Å². The van der Waals surface area contributed by atoms with E-state index in [9.17, 15) is 4.79 Å². The molecule has 1 aromatic carbocycles. The van der Waals surface area contributed by atoms with E-state index in [1.807, 2.05) is 29.3 Å². The van der Waals surface area contributed by atoms with Crippen molar-refractivity contribution >= 4 is 16.8 Å². The maximum absolute atomic E-state index is 12.4. The number of hydrogen-bond donors (Lipinski definition) is 0. The number of fused-ring (bicyclic) bond motifs is 1. The number of para-hydroxylation sites is 1. The molecule has 0 aliphatic carbocycles. The molecule has 25 heavy (non-hydrogen) atoms. The number of likely N-dealkylation sites (tertiary alicyclic amines) is 1. The van der Waals surface area contributed by atoms with Crippen LogP contribution in [-0.2, 0) is 6.42 Å². The van der Waals surface area contributed by atoms with Gasteiger partial charge in [-0.1, -0.05) is 18.2 Å². The van der Waals surface area contributed by atoms with Gasteiger partial charge in [-0.05, 0) is 42.9 Å². The summed E-state index contributed by atoms with van der Waals surface area (Å²) in [6, 6.07) is 10.4. The van der Waals surface area contributed by atoms with Crippen LogP contribution in [0.5, 0.6) is 0 Å². The van der Waals surface area contributed by atoms with E-state index in [-0.39, 0.29) is 5.91 Å². The average Bonchev–Trinajstić information content (AvgIpc) is 2.69. The van der Waals surface area contributed by atoms with Crippen molar-refractivity contribution in [3.8, 4) is 0 Å². The Balaban J connectivity index is 1.37. The molecule has 0 unspecified atom stereocenters. The molecule has 3 aromatic rings. The van der Waals surface area contributed by atoms with Gasteiger partial charge in [0.2, 0.25) is 0 Å². The van der Waals surface area contributed by atoms with E-state index < -0.39 is 0 Å². The lowest BCUT2D eigenvalue weighted by Crippen LogP contribution is -2.39. The molecule has 1 aliphatic rings. The van der Waals surface area contributed by atoms with Crippen molar-refractivity contribution in [2.24, 2.45) is 5.92 Å². The van der Waals surface area contributed by atoms with Gasteiger partial charge in [-0.3, -0.25) is 14.8 Å². The quantitative estimate of drug-likeness (QED) is 0.739. The maximum Gasteiger partial charge on any atom is 0.274 e. The van der Waals surface area contributed by atoms with Crippen molar-refractivity contribution < 1.29 is 4.79 Å². The zero-order valence-corrected chi connectivity index (χ0v) is 14.0. The van der Waals surface area contributed by atoms with Gasteiger partial charge in [0.1, 0.15) is 5.69 Å². The molecule has 4 rings (SSSR count). The fourth-order valence-electron chi connectivity index (χ4n) is 3.47. The highest BCUT2D eigenvalue weighted by Gasteiger charge is 2.24.